The smallest absolute Gasteiger partial charge is 0.319 e. The van der Waals surface area contributed by atoms with Gasteiger partial charge in [0.25, 0.3) is 0 Å². The van der Waals surface area contributed by atoms with Gasteiger partial charge in [-0.15, -0.1) is 0 Å². The van der Waals surface area contributed by atoms with Crippen molar-refractivity contribution in [3.63, 3.8) is 0 Å². The molecule has 12 heteroatoms. The van der Waals surface area contributed by atoms with Crippen molar-refractivity contribution in [2.75, 3.05) is 97.6 Å². The fourth-order valence-corrected chi connectivity index (χ4v) is 5.34. The topological polar surface area (TPSA) is 129 Å². The van der Waals surface area contributed by atoms with Gasteiger partial charge in [-0.05, 0) is 30.2 Å². The summed E-state index contributed by atoms with van der Waals surface area (Å²) >= 11 is 0. The van der Waals surface area contributed by atoms with Crippen molar-refractivity contribution in [3.05, 3.63) is 65.2 Å². The van der Waals surface area contributed by atoms with Crippen LogP contribution in [-0.4, -0.2) is 114 Å². The third kappa shape index (κ3) is 12.2. The van der Waals surface area contributed by atoms with Gasteiger partial charge in [0.05, 0.1) is 84.9 Å². The molecule has 256 valence electrons. The van der Waals surface area contributed by atoms with Crippen LogP contribution in [0.15, 0.2) is 48.5 Å². The van der Waals surface area contributed by atoms with Crippen LogP contribution in [0.3, 0.4) is 0 Å². The number of anilines is 1. The molecule has 4 atom stereocenters. The zero-order valence-electron chi connectivity index (χ0n) is 27.2. The number of carbonyl (C=O) groups is 1. The van der Waals surface area contributed by atoms with E-state index in [1.165, 1.54) is 0 Å². The lowest BCUT2D eigenvalue weighted by atomic mass is 9.90. The first-order chi connectivity index (χ1) is 22.6. The molecule has 2 amide bonds. The molecule has 4 unspecified atom stereocenters. The molecule has 2 aliphatic heterocycles. The van der Waals surface area contributed by atoms with Crippen LogP contribution < -0.4 is 10.6 Å². The van der Waals surface area contributed by atoms with Gasteiger partial charge in [0.1, 0.15) is 0 Å². The zero-order chi connectivity index (χ0) is 32.4. The van der Waals surface area contributed by atoms with Crippen LogP contribution in [0, 0.1) is 5.92 Å². The summed E-state index contributed by atoms with van der Waals surface area (Å²) in [4.78, 5) is 14.5. The predicted molar refractivity (Wildman–Crippen MR) is 173 cm³/mol. The summed E-state index contributed by atoms with van der Waals surface area (Å²) in [6, 6.07) is 15.1. The number of carbonyl (C=O) groups excluding carboxylic acids is 1. The average molecular weight is 646 g/mol. The van der Waals surface area contributed by atoms with E-state index in [1.54, 1.807) is 0 Å². The largest absolute Gasteiger partial charge is 0.392 e. The van der Waals surface area contributed by atoms with Gasteiger partial charge in [0.2, 0.25) is 0 Å². The number of nitrogens with zero attached hydrogens (tertiary/aromatic N) is 1. The molecule has 0 aliphatic carbocycles. The van der Waals surface area contributed by atoms with Gasteiger partial charge in [-0.3, -0.25) is 4.90 Å². The van der Waals surface area contributed by atoms with Crippen molar-refractivity contribution in [2.45, 2.75) is 39.0 Å². The highest BCUT2D eigenvalue weighted by Crippen LogP contribution is 2.42. The van der Waals surface area contributed by atoms with Crippen molar-refractivity contribution >= 4 is 11.7 Å². The summed E-state index contributed by atoms with van der Waals surface area (Å²) in [7, 11) is 0. The fraction of sp³-hybridized carbons (Fsp3) is 0.618. The Balaban J connectivity index is 1.49. The molecule has 0 bridgehead atoms. The minimum atomic E-state index is -0.661. The lowest BCUT2D eigenvalue weighted by Gasteiger charge is -2.43. The first-order valence-corrected chi connectivity index (χ1v) is 16.3. The van der Waals surface area contributed by atoms with Crippen LogP contribution in [-0.2, 0) is 39.8 Å². The van der Waals surface area contributed by atoms with E-state index in [1.807, 2.05) is 55.5 Å². The zero-order valence-corrected chi connectivity index (χ0v) is 27.2. The number of urea groups is 1. The second-order valence-electron chi connectivity index (χ2n) is 11.3. The summed E-state index contributed by atoms with van der Waals surface area (Å²) < 4.78 is 41.8. The van der Waals surface area contributed by atoms with Crippen molar-refractivity contribution < 1.29 is 43.1 Å². The van der Waals surface area contributed by atoms with Crippen LogP contribution in [0.1, 0.15) is 42.9 Å². The molecule has 2 aromatic rings. The van der Waals surface area contributed by atoms with E-state index in [0.29, 0.717) is 97.9 Å². The first kappa shape index (κ1) is 36.2. The maximum Gasteiger partial charge on any atom is 0.319 e. The molecule has 2 fully saturated rings. The monoisotopic (exact) mass is 645 g/mol. The van der Waals surface area contributed by atoms with Gasteiger partial charge in [0, 0.05) is 43.3 Å². The SMILES string of the molecule is CCNC(=O)Nc1cccc(C2OC(CN3CCOCCOCCOCCOCCOCC3)C(C)C(c3ccc(CO)cc3)O2)c1. The van der Waals surface area contributed by atoms with E-state index < -0.39 is 6.29 Å². The Morgan fingerprint density at radius 1 is 0.804 bits per heavy atom. The lowest BCUT2D eigenvalue weighted by Crippen LogP contribution is -2.46. The van der Waals surface area contributed by atoms with Crippen LogP contribution in [0.2, 0.25) is 0 Å². The lowest BCUT2D eigenvalue weighted by molar-refractivity contribution is -0.276. The minimum absolute atomic E-state index is 0.00626. The second-order valence-corrected chi connectivity index (χ2v) is 11.3. The maximum atomic E-state index is 12.2. The highest BCUT2D eigenvalue weighted by molar-refractivity contribution is 5.89. The summed E-state index contributed by atoms with van der Waals surface area (Å²) in [5, 5.41) is 15.2. The van der Waals surface area contributed by atoms with E-state index in [9.17, 15) is 9.90 Å². The van der Waals surface area contributed by atoms with Gasteiger partial charge in [-0.1, -0.05) is 43.3 Å². The van der Waals surface area contributed by atoms with E-state index >= 15 is 0 Å². The van der Waals surface area contributed by atoms with Crippen LogP contribution >= 0.6 is 0 Å². The molecular weight excluding hydrogens is 594 g/mol. The van der Waals surface area contributed by atoms with Crippen molar-refractivity contribution in [2.24, 2.45) is 5.92 Å². The Hall–Kier alpha value is -2.65. The van der Waals surface area contributed by atoms with Crippen LogP contribution in [0.25, 0.3) is 0 Å². The summed E-state index contributed by atoms with van der Waals surface area (Å²) in [5.74, 6) is 0.00626. The van der Waals surface area contributed by atoms with E-state index in [4.69, 9.17) is 33.2 Å². The third-order valence-electron chi connectivity index (χ3n) is 7.91. The first-order valence-electron chi connectivity index (χ1n) is 16.3. The molecule has 46 heavy (non-hydrogen) atoms. The number of benzene rings is 2. The molecule has 0 aromatic heterocycles. The maximum absolute atomic E-state index is 12.2. The molecular formula is C34H51N3O9. The van der Waals surface area contributed by atoms with E-state index in [0.717, 1.165) is 16.7 Å². The Morgan fingerprint density at radius 2 is 1.39 bits per heavy atom. The minimum Gasteiger partial charge on any atom is -0.392 e. The highest BCUT2D eigenvalue weighted by atomic mass is 16.7. The van der Waals surface area contributed by atoms with Crippen LogP contribution in [0.4, 0.5) is 10.5 Å². The third-order valence-corrected chi connectivity index (χ3v) is 7.91. The molecule has 4 rings (SSSR count). The predicted octanol–water partition coefficient (Wildman–Crippen LogP) is 3.51. The number of hydrogen-bond acceptors (Lipinski definition) is 10. The number of nitrogens with one attached hydrogen (secondary N) is 2. The Labute approximate surface area is 272 Å². The number of ether oxygens (including phenoxy) is 7. The number of hydrogen-bond donors (Lipinski definition) is 3. The highest BCUT2D eigenvalue weighted by Gasteiger charge is 2.39. The molecule has 0 spiro atoms. The summed E-state index contributed by atoms with van der Waals surface area (Å²) in [6.45, 7) is 11.8. The van der Waals surface area contributed by atoms with Crippen LogP contribution in [0.5, 0.6) is 0 Å². The number of rotatable bonds is 7. The van der Waals surface area contributed by atoms with Gasteiger partial charge in [-0.25, -0.2) is 4.79 Å². The molecule has 12 nitrogen and oxygen atoms in total. The number of amides is 2. The van der Waals surface area contributed by atoms with E-state index in [2.05, 4.69) is 22.5 Å². The van der Waals surface area contributed by atoms with Crippen molar-refractivity contribution in [1.82, 2.24) is 10.2 Å². The van der Waals surface area contributed by atoms with Gasteiger partial charge in [-0.2, -0.15) is 0 Å². The van der Waals surface area contributed by atoms with Crippen molar-refractivity contribution in [1.29, 1.82) is 0 Å². The summed E-state index contributed by atoms with van der Waals surface area (Å²) in [6.07, 6.45) is -1.11. The molecule has 3 N–H and O–H groups in total. The number of aliphatic hydroxyl groups is 1. The molecule has 2 saturated heterocycles. The molecule has 0 saturated carbocycles. The standard InChI is InChI=1S/C34H51N3O9/c1-3-35-34(39)36-30-6-4-5-29(23-30)33-45-31(26(2)32(46-33)28-9-7-27(25-38)8-10-28)24-37-11-13-40-15-17-42-19-21-44-22-20-43-18-16-41-14-12-37/h4-10,23,26,31-33,38H,3,11-22,24-25H2,1-2H3,(H2,35,36,39). The van der Waals surface area contributed by atoms with Gasteiger partial charge >= 0.3 is 6.03 Å². The molecule has 2 aliphatic rings. The molecule has 0 radical (unpaired) electrons. The Morgan fingerprint density at radius 3 is 1.96 bits per heavy atom. The number of aliphatic hydroxyl groups excluding tert-OH is 1. The molecule has 2 heterocycles. The second kappa shape index (κ2) is 20.6. The summed E-state index contributed by atoms with van der Waals surface area (Å²) in [5.41, 5.74) is 3.31. The van der Waals surface area contributed by atoms with Gasteiger partial charge in [0.15, 0.2) is 6.29 Å². The quantitative estimate of drug-likeness (QED) is 0.412. The van der Waals surface area contributed by atoms with Gasteiger partial charge < -0.3 is 48.9 Å². The van der Waals surface area contributed by atoms with E-state index in [-0.39, 0.29) is 30.8 Å². The fourth-order valence-electron chi connectivity index (χ4n) is 5.34. The Bertz CT molecular complexity index is 1120. The van der Waals surface area contributed by atoms with Crippen molar-refractivity contribution in [3.8, 4) is 0 Å². The molecule has 2 aromatic carbocycles. The Kier molecular flexibility index (Phi) is 16.2. The normalized spacial score (nSPS) is 25.2. The average Bonchev–Trinajstić information content (AvgIpc) is 3.06.